The molecule has 37 heavy (non-hydrogen) atoms. The number of rotatable bonds is 8. The number of aromatic hydroxyl groups is 1. The fourth-order valence-electron chi connectivity index (χ4n) is 4.43. The maximum Gasteiger partial charge on any atom is 0.259 e. The Balaban J connectivity index is 1.49. The van der Waals surface area contributed by atoms with Crippen LogP contribution < -0.4 is 20.5 Å². The van der Waals surface area contributed by atoms with Crippen LogP contribution in [-0.4, -0.2) is 56.7 Å². The lowest BCUT2D eigenvalue weighted by Crippen LogP contribution is -2.36. The molecule has 2 aromatic heterocycles. The molecule has 1 atom stereocenters. The first-order chi connectivity index (χ1) is 18.0. The van der Waals surface area contributed by atoms with Crippen LogP contribution in [0, 0.1) is 0 Å². The summed E-state index contributed by atoms with van der Waals surface area (Å²) in [6.07, 6.45) is 1.92. The van der Waals surface area contributed by atoms with Crippen LogP contribution >= 0.6 is 0 Å². The summed E-state index contributed by atoms with van der Waals surface area (Å²) in [4.78, 5) is 22.4. The topological polar surface area (TPSA) is 140 Å². The number of aromatic amines is 1. The van der Waals surface area contributed by atoms with Crippen molar-refractivity contribution in [2.24, 2.45) is 0 Å². The zero-order valence-electron chi connectivity index (χ0n) is 19.9. The lowest BCUT2D eigenvalue weighted by Gasteiger charge is -2.28. The number of anilines is 3. The molecule has 1 aliphatic heterocycles. The average Bonchev–Trinajstić information content (AvgIpc) is 2.90. The molecule has 11 heteroatoms. The average molecular weight is 522 g/mol. The van der Waals surface area contributed by atoms with Crippen molar-refractivity contribution in [3.8, 4) is 17.0 Å². The molecule has 0 aliphatic carbocycles. The Morgan fingerprint density at radius 1 is 1.11 bits per heavy atom. The van der Waals surface area contributed by atoms with Gasteiger partial charge in [0, 0.05) is 42.8 Å². The van der Waals surface area contributed by atoms with Crippen molar-refractivity contribution in [2.45, 2.75) is 6.42 Å². The van der Waals surface area contributed by atoms with E-state index < -0.39 is 11.3 Å². The van der Waals surface area contributed by atoms with E-state index in [-0.39, 0.29) is 17.9 Å². The third-order valence-electron chi connectivity index (χ3n) is 6.28. The number of phenols is 1. The summed E-state index contributed by atoms with van der Waals surface area (Å²) in [6, 6.07) is 16.8. The number of nitrogens with zero attached hydrogens (tertiary/aromatic N) is 2. The van der Waals surface area contributed by atoms with Gasteiger partial charge in [-0.2, -0.15) is 0 Å². The molecule has 0 spiro atoms. The van der Waals surface area contributed by atoms with Gasteiger partial charge in [-0.05, 0) is 59.8 Å². The number of fused-ring (bicyclic) bond motifs is 1. The number of hydrogen-bond donors (Lipinski definition) is 5. The minimum atomic E-state index is -2.12. The minimum absolute atomic E-state index is 0.0329. The van der Waals surface area contributed by atoms with E-state index in [2.05, 4.69) is 19.9 Å². The highest BCUT2D eigenvalue weighted by molar-refractivity contribution is 7.77. The molecule has 0 amide bonds. The van der Waals surface area contributed by atoms with Gasteiger partial charge in [-0.1, -0.05) is 12.1 Å². The van der Waals surface area contributed by atoms with Crippen LogP contribution in [-0.2, 0) is 22.4 Å². The molecule has 1 unspecified atom stereocenters. The minimum Gasteiger partial charge on any atom is -0.507 e. The summed E-state index contributed by atoms with van der Waals surface area (Å²) >= 11 is -2.12. The monoisotopic (exact) mass is 521 g/mol. The first-order valence-corrected chi connectivity index (χ1v) is 13.0. The Kier molecular flexibility index (Phi) is 7.47. The van der Waals surface area contributed by atoms with Gasteiger partial charge in [0.25, 0.3) is 5.56 Å². The number of pyridine rings is 2. The van der Waals surface area contributed by atoms with Crippen LogP contribution in [0.25, 0.3) is 22.0 Å². The highest BCUT2D eigenvalue weighted by atomic mass is 32.2. The molecule has 10 nitrogen and oxygen atoms in total. The number of hydrogen-bond acceptors (Lipinski definition) is 7. The number of morpholine rings is 1. The smallest absolute Gasteiger partial charge is 0.259 e. The van der Waals surface area contributed by atoms with Crippen molar-refractivity contribution < 1.29 is 18.6 Å². The van der Waals surface area contributed by atoms with E-state index in [9.17, 15) is 14.1 Å². The fraction of sp³-hybridized carbons (Fsp3) is 0.231. The van der Waals surface area contributed by atoms with Gasteiger partial charge in [-0.25, -0.2) is 13.9 Å². The Hall–Kier alpha value is -3.77. The molecule has 192 valence electrons. The number of phenolic OH excluding ortho intramolecular Hbond substituents is 1. The molecule has 1 aliphatic rings. The van der Waals surface area contributed by atoms with Gasteiger partial charge >= 0.3 is 0 Å². The third kappa shape index (κ3) is 5.65. The number of benzene rings is 2. The standard InChI is InChI=1S/C26H27N5O5S/c32-24-17(9-11-28-37(34)35)2-1-3-21(24)22-16-18-8-10-27-26(33)23(18)25(30-22)29-19-4-6-20(7-5-19)31-12-14-36-15-13-31/h1-8,10,16,28,32H,9,11-15H2,(H,27,33)(H,29,30)(H,34,35). The summed E-state index contributed by atoms with van der Waals surface area (Å²) in [6.45, 7) is 3.31. The summed E-state index contributed by atoms with van der Waals surface area (Å²) in [5.41, 5.74) is 3.19. The van der Waals surface area contributed by atoms with E-state index in [0.29, 0.717) is 53.0 Å². The van der Waals surface area contributed by atoms with Crippen molar-refractivity contribution in [2.75, 3.05) is 43.1 Å². The van der Waals surface area contributed by atoms with Gasteiger partial charge in [0.1, 0.15) is 11.6 Å². The Labute approximate surface area is 215 Å². The summed E-state index contributed by atoms with van der Waals surface area (Å²) in [5, 5.41) is 15.3. The van der Waals surface area contributed by atoms with Crippen molar-refractivity contribution in [1.82, 2.24) is 14.7 Å². The van der Waals surface area contributed by atoms with Crippen molar-refractivity contribution in [3.63, 3.8) is 0 Å². The maximum atomic E-state index is 12.7. The SMILES string of the molecule is O=c1[nH]ccc2cc(-c3cccc(CCNS(=O)O)c3O)nc(Nc3ccc(N4CCOCC4)cc3)c12. The maximum absolute atomic E-state index is 12.7. The number of H-pyrrole nitrogens is 1. The van der Waals surface area contributed by atoms with Crippen LogP contribution in [0.1, 0.15) is 5.56 Å². The molecule has 0 radical (unpaired) electrons. The zero-order chi connectivity index (χ0) is 25.8. The van der Waals surface area contributed by atoms with E-state index in [0.717, 1.165) is 24.5 Å². The van der Waals surface area contributed by atoms with E-state index in [1.807, 2.05) is 24.3 Å². The third-order valence-corrected chi connectivity index (χ3v) is 6.73. The van der Waals surface area contributed by atoms with Crippen molar-refractivity contribution in [3.05, 3.63) is 76.7 Å². The summed E-state index contributed by atoms with van der Waals surface area (Å²) < 4.78 is 27.7. The molecular weight excluding hydrogens is 494 g/mol. The quantitative estimate of drug-likeness (QED) is 0.223. The molecule has 1 saturated heterocycles. The lowest BCUT2D eigenvalue weighted by molar-refractivity contribution is 0.122. The van der Waals surface area contributed by atoms with E-state index in [1.165, 1.54) is 0 Å². The van der Waals surface area contributed by atoms with Gasteiger partial charge in [-0.15, -0.1) is 0 Å². The predicted molar refractivity (Wildman–Crippen MR) is 145 cm³/mol. The predicted octanol–water partition coefficient (Wildman–Crippen LogP) is 3.14. The van der Waals surface area contributed by atoms with Gasteiger partial charge in [0.05, 0.1) is 24.3 Å². The van der Waals surface area contributed by atoms with Gasteiger partial charge in [0.2, 0.25) is 11.3 Å². The zero-order valence-corrected chi connectivity index (χ0v) is 20.8. The second-order valence-corrected chi connectivity index (χ2v) is 9.39. The first-order valence-electron chi connectivity index (χ1n) is 11.9. The second-order valence-electron chi connectivity index (χ2n) is 8.61. The van der Waals surface area contributed by atoms with Crippen LogP contribution in [0.4, 0.5) is 17.2 Å². The molecule has 3 heterocycles. The van der Waals surface area contributed by atoms with Crippen LogP contribution in [0.5, 0.6) is 5.75 Å². The molecule has 5 rings (SSSR count). The number of ether oxygens (including phenoxy) is 1. The molecule has 0 saturated carbocycles. The molecule has 5 N–H and O–H groups in total. The van der Waals surface area contributed by atoms with Gasteiger partial charge < -0.3 is 25.0 Å². The highest BCUT2D eigenvalue weighted by Gasteiger charge is 2.16. The number of para-hydroxylation sites is 1. The normalized spacial score (nSPS) is 14.6. The molecular formula is C26H27N5O5S. The fourth-order valence-corrected chi connectivity index (χ4v) is 4.71. The Morgan fingerprint density at radius 3 is 2.65 bits per heavy atom. The van der Waals surface area contributed by atoms with Crippen molar-refractivity contribution >= 4 is 39.2 Å². The van der Waals surface area contributed by atoms with E-state index in [1.54, 1.807) is 36.5 Å². The number of aromatic nitrogens is 2. The van der Waals surface area contributed by atoms with Crippen molar-refractivity contribution in [1.29, 1.82) is 0 Å². The lowest BCUT2D eigenvalue weighted by atomic mass is 10.0. The van der Waals surface area contributed by atoms with Crippen LogP contribution in [0.2, 0.25) is 0 Å². The highest BCUT2D eigenvalue weighted by Crippen LogP contribution is 2.35. The second kappa shape index (κ2) is 11.1. The van der Waals surface area contributed by atoms with Gasteiger partial charge in [0.15, 0.2) is 0 Å². The molecule has 4 aromatic rings. The van der Waals surface area contributed by atoms with Gasteiger partial charge in [-0.3, -0.25) is 9.35 Å². The van der Waals surface area contributed by atoms with Crippen LogP contribution in [0.15, 0.2) is 65.6 Å². The Morgan fingerprint density at radius 2 is 1.89 bits per heavy atom. The molecule has 2 aromatic carbocycles. The molecule has 0 bridgehead atoms. The summed E-state index contributed by atoms with van der Waals surface area (Å²) in [7, 11) is 0. The van der Waals surface area contributed by atoms with Crippen LogP contribution in [0.3, 0.4) is 0 Å². The van der Waals surface area contributed by atoms with E-state index >= 15 is 0 Å². The first kappa shape index (κ1) is 24.9. The Bertz CT molecular complexity index is 1490. The largest absolute Gasteiger partial charge is 0.507 e. The number of nitrogens with one attached hydrogen (secondary N) is 3. The van der Waals surface area contributed by atoms with E-state index in [4.69, 9.17) is 14.3 Å². The molecule has 1 fully saturated rings. The summed E-state index contributed by atoms with van der Waals surface area (Å²) in [5.74, 6) is 0.404.